The Hall–Kier alpha value is -2.54. The molecule has 2 aromatic rings. The summed E-state index contributed by atoms with van der Waals surface area (Å²) in [5.41, 5.74) is 0.658. The Morgan fingerprint density at radius 1 is 1.38 bits per heavy atom. The monoisotopic (exact) mass is 344 g/mol. The highest BCUT2D eigenvalue weighted by atomic mass is 32.2. The second-order valence-electron chi connectivity index (χ2n) is 5.23. The zero-order valence-corrected chi connectivity index (χ0v) is 14.1. The number of fused-ring (bicyclic) bond motifs is 1. The van der Waals surface area contributed by atoms with Gasteiger partial charge in [0.15, 0.2) is 0 Å². The van der Waals surface area contributed by atoms with E-state index in [-0.39, 0.29) is 5.56 Å². The van der Waals surface area contributed by atoms with Gasteiger partial charge in [-0.15, -0.1) is 0 Å². The van der Waals surface area contributed by atoms with Crippen molar-refractivity contribution in [1.82, 2.24) is 4.57 Å². The zero-order valence-electron chi connectivity index (χ0n) is 13.3. The number of pyridine rings is 1. The van der Waals surface area contributed by atoms with Crippen LogP contribution in [0.1, 0.15) is 22.8 Å². The lowest BCUT2D eigenvalue weighted by Gasteiger charge is -2.09. The van der Waals surface area contributed by atoms with E-state index in [1.807, 2.05) is 31.2 Å². The summed E-state index contributed by atoms with van der Waals surface area (Å²) in [6.07, 6.45) is 1.76. The summed E-state index contributed by atoms with van der Waals surface area (Å²) in [6.45, 7) is 2.50. The quantitative estimate of drug-likeness (QED) is 0.922. The standard InChI is InChI=1S/C17H16N2O4S/c1-3-19-9-13(17(21)22)15(20)12-8-14(24-16(12)19)18-10-4-6-11(23-2)7-5-10/h4-7,9H,3,8H2,1-2H3,(H,21,22). The summed E-state index contributed by atoms with van der Waals surface area (Å²) in [7, 11) is 1.60. The number of hydrogen-bond donors (Lipinski definition) is 1. The first-order valence-electron chi connectivity index (χ1n) is 7.42. The molecule has 7 heteroatoms. The van der Waals surface area contributed by atoms with Crippen molar-refractivity contribution in [2.45, 2.75) is 24.9 Å². The average molecular weight is 344 g/mol. The Morgan fingerprint density at radius 3 is 2.67 bits per heavy atom. The highest BCUT2D eigenvalue weighted by Gasteiger charge is 2.27. The smallest absolute Gasteiger partial charge is 0.341 e. The van der Waals surface area contributed by atoms with E-state index >= 15 is 0 Å². The lowest BCUT2D eigenvalue weighted by molar-refractivity contribution is 0.0694. The number of aliphatic imine (C=N–C) groups is 1. The normalized spacial score (nSPS) is 14.7. The number of hydrogen-bond acceptors (Lipinski definition) is 5. The maximum Gasteiger partial charge on any atom is 0.341 e. The second kappa shape index (κ2) is 6.52. The third kappa shape index (κ3) is 2.94. The number of nitrogens with zero attached hydrogens (tertiary/aromatic N) is 2. The predicted octanol–water partition coefficient (Wildman–Crippen LogP) is 2.95. The summed E-state index contributed by atoms with van der Waals surface area (Å²) < 4.78 is 6.91. The van der Waals surface area contributed by atoms with E-state index in [0.29, 0.717) is 18.5 Å². The van der Waals surface area contributed by atoms with Crippen LogP contribution in [0.3, 0.4) is 0 Å². The predicted molar refractivity (Wildman–Crippen MR) is 93.0 cm³/mol. The van der Waals surface area contributed by atoms with Crippen LogP contribution < -0.4 is 10.2 Å². The van der Waals surface area contributed by atoms with Crippen molar-refractivity contribution in [3.63, 3.8) is 0 Å². The molecule has 0 saturated heterocycles. The Labute approximate surface area is 142 Å². The third-order valence-electron chi connectivity index (χ3n) is 3.76. The maximum absolute atomic E-state index is 12.4. The first kappa shape index (κ1) is 16.3. The molecule has 1 aliphatic rings. The van der Waals surface area contributed by atoms with E-state index in [0.717, 1.165) is 21.5 Å². The number of aryl methyl sites for hydroxylation is 1. The van der Waals surface area contributed by atoms with Crippen molar-refractivity contribution >= 4 is 28.5 Å². The van der Waals surface area contributed by atoms with Crippen LogP contribution in [-0.4, -0.2) is 27.8 Å². The van der Waals surface area contributed by atoms with Crippen LogP contribution >= 0.6 is 11.8 Å². The molecule has 124 valence electrons. The molecule has 0 saturated carbocycles. The fourth-order valence-corrected chi connectivity index (χ4v) is 3.71. The minimum Gasteiger partial charge on any atom is -0.497 e. The van der Waals surface area contributed by atoms with Crippen molar-refractivity contribution in [2.24, 2.45) is 4.99 Å². The van der Waals surface area contributed by atoms with Crippen molar-refractivity contribution in [3.05, 3.63) is 51.8 Å². The molecule has 1 aromatic carbocycles. The zero-order chi connectivity index (χ0) is 17.3. The molecule has 1 N–H and O–H groups in total. The number of benzene rings is 1. The molecule has 1 aliphatic heterocycles. The summed E-state index contributed by atoms with van der Waals surface area (Å²) in [5.74, 6) is -0.450. The SMILES string of the molecule is CCn1cc(C(=O)O)c(=O)c2c1SC(=Nc1ccc(OC)cc1)C2. The van der Waals surface area contributed by atoms with Crippen LogP contribution in [0.4, 0.5) is 5.69 Å². The molecule has 0 radical (unpaired) electrons. The van der Waals surface area contributed by atoms with E-state index in [2.05, 4.69) is 4.99 Å². The molecule has 2 heterocycles. The molecule has 0 atom stereocenters. The minimum atomic E-state index is -1.20. The maximum atomic E-state index is 12.4. The highest BCUT2D eigenvalue weighted by molar-refractivity contribution is 8.14. The Balaban J connectivity index is 1.99. The summed E-state index contributed by atoms with van der Waals surface area (Å²) in [6, 6.07) is 7.31. The first-order valence-corrected chi connectivity index (χ1v) is 8.24. The molecule has 24 heavy (non-hydrogen) atoms. The number of ether oxygens (including phenoxy) is 1. The Bertz CT molecular complexity index is 885. The van der Waals surface area contributed by atoms with Crippen LogP contribution in [-0.2, 0) is 13.0 Å². The van der Waals surface area contributed by atoms with Crippen LogP contribution in [0, 0.1) is 0 Å². The number of methoxy groups -OCH3 is 1. The molecule has 0 amide bonds. The number of aromatic nitrogens is 1. The summed E-state index contributed by atoms with van der Waals surface area (Å²) in [4.78, 5) is 28.2. The summed E-state index contributed by atoms with van der Waals surface area (Å²) in [5, 5.41) is 10.8. The first-order chi connectivity index (χ1) is 11.5. The van der Waals surface area contributed by atoms with Crippen LogP contribution in [0.15, 0.2) is 45.3 Å². The molecule has 0 aliphatic carbocycles. The Morgan fingerprint density at radius 2 is 2.08 bits per heavy atom. The van der Waals surface area contributed by atoms with Crippen LogP contribution in [0.5, 0.6) is 5.75 Å². The van der Waals surface area contributed by atoms with Gasteiger partial charge in [-0.25, -0.2) is 9.79 Å². The average Bonchev–Trinajstić information content (AvgIpc) is 3.00. The fraction of sp³-hybridized carbons (Fsp3) is 0.235. The van der Waals surface area contributed by atoms with Gasteiger partial charge in [0.2, 0.25) is 5.43 Å². The van der Waals surface area contributed by atoms with E-state index in [1.54, 1.807) is 11.7 Å². The number of aromatic carboxylic acids is 1. The van der Waals surface area contributed by atoms with Crippen LogP contribution in [0.25, 0.3) is 0 Å². The lowest BCUT2D eigenvalue weighted by atomic mass is 10.1. The topological polar surface area (TPSA) is 80.9 Å². The number of thioether (sulfide) groups is 1. The molecule has 0 fully saturated rings. The third-order valence-corrected chi connectivity index (χ3v) is 4.91. The lowest BCUT2D eigenvalue weighted by Crippen LogP contribution is -2.22. The highest BCUT2D eigenvalue weighted by Crippen LogP contribution is 2.33. The number of carboxylic acid groups (broad SMARTS) is 1. The molecule has 0 spiro atoms. The minimum absolute atomic E-state index is 0.193. The van der Waals surface area contributed by atoms with E-state index < -0.39 is 11.4 Å². The fourth-order valence-electron chi connectivity index (χ4n) is 2.53. The van der Waals surface area contributed by atoms with Gasteiger partial charge in [0, 0.05) is 24.7 Å². The van der Waals surface area contributed by atoms with E-state index in [4.69, 9.17) is 4.74 Å². The van der Waals surface area contributed by atoms with Gasteiger partial charge in [-0.1, -0.05) is 11.8 Å². The van der Waals surface area contributed by atoms with Gasteiger partial charge < -0.3 is 14.4 Å². The van der Waals surface area contributed by atoms with Gasteiger partial charge in [-0.05, 0) is 31.2 Å². The van der Waals surface area contributed by atoms with E-state index in [9.17, 15) is 14.7 Å². The summed E-state index contributed by atoms with van der Waals surface area (Å²) >= 11 is 1.42. The van der Waals surface area contributed by atoms with Gasteiger partial charge >= 0.3 is 5.97 Å². The number of carbonyl (C=O) groups is 1. The molecular weight excluding hydrogens is 328 g/mol. The molecule has 1 aromatic heterocycles. The molecule has 3 rings (SSSR count). The molecule has 6 nitrogen and oxygen atoms in total. The van der Waals surface area contributed by atoms with Crippen molar-refractivity contribution < 1.29 is 14.6 Å². The van der Waals surface area contributed by atoms with Gasteiger partial charge in [0.05, 0.1) is 22.9 Å². The number of carboxylic acids is 1. The van der Waals surface area contributed by atoms with Crippen LogP contribution in [0.2, 0.25) is 0 Å². The Kier molecular flexibility index (Phi) is 4.44. The van der Waals surface area contributed by atoms with Gasteiger partial charge in [-0.2, -0.15) is 0 Å². The van der Waals surface area contributed by atoms with E-state index in [1.165, 1.54) is 18.0 Å². The largest absolute Gasteiger partial charge is 0.497 e. The van der Waals surface area contributed by atoms with Crippen molar-refractivity contribution in [1.29, 1.82) is 0 Å². The van der Waals surface area contributed by atoms with Gasteiger partial charge in [-0.3, -0.25) is 4.79 Å². The van der Waals surface area contributed by atoms with Gasteiger partial charge in [0.25, 0.3) is 0 Å². The van der Waals surface area contributed by atoms with Crippen molar-refractivity contribution in [2.75, 3.05) is 7.11 Å². The van der Waals surface area contributed by atoms with Gasteiger partial charge in [0.1, 0.15) is 11.3 Å². The second-order valence-corrected chi connectivity index (χ2v) is 6.29. The van der Waals surface area contributed by atoms with Crippen molar-refractivity contribution in [3.8, 4) is 5.75 Å². The molecular formula is C17H16N2O4S. The molecule has 0 unspecified atom stereocenters. The molecule has 0 bridgehead atoms. The number of rotatable bonds is 4.